The lowest BCUT2D eigenvalue weighted by molar-refractivity contribution is -0.276. The number of para-hydroxylation sites is 1. The minimum Gasteiger partial charge on any atom is -0.404 e. The molecule has 3 rings (SSSR count). The highest BCUT2D eigenvalue weighted by Gasteiger charge is 2.57. The monoisotopic (exact) mass is 493 g/mol. The Bertz CT molecular complexity index is 1320. The van der Waals surface area contributed by atoms with E-state index in [4.69, 9.17) is 5.73 Å². The maximum Gasteiger partial charge on any atom is 0.455 e. The van der Waals surface area contributed by atoms with Crippen molar-refractivity contribution in [1.29, 1.82) is 0 Å². The summed E-state index contributed by atoms with van der Waals surface area (Å²) in [5.74, 6) is -5.64. The van der Waals surface area contributed by atoms with Crippen molar-refractivity contribution in [2.45, 2.75) is 25.2 Å². The summed E-state index contributed by atoms with van der Waals surface area (Å²) >= 11 is 0. The lowest BCUT2D eigenvalue weighted by Crippen LogP contribution is -2.39. The highest BCUT2D eigenvalue weighted by Crippen LogP contribution is 2.36. The van der Waals surface area contributed by atoms with E-state index < -0.39 is 53.0 Å². The van der Waals surface area contributed by atoms with Crippen LogP contribution >= 0.6 is 0 Å². The van der Waals surface area contributed by atoms with Crippen molar-refractivity contribution in [3.63, 3.8) is 0 Å². The molecular formula is C20H15F8N5O. The van der Waals surface area contributed by atoms with E-state index in [1.54, 1.807) is 30.3 Å². The van der Waals surface area contributed by atoms with Crippen LogP contribution in [0.3, 0.4) is 0 Å². The van der Waals surface area contributed by atoms with Gasteiger partial charge in [-0.05, 0) is 19.1 Å². The zero-order chi connectivity index (χ0) is 25.5. The number of imidazole rings is 1. The molecule has 0 spiro atoms. The summed E-state index contributed by atoms with van der Waals surface area (Å²) in [6.45, 7) is -0.607. The van der Waals surface area contributed by atoms with E-state index in [2.05, 4.69) is 9.98 Å². The average molecular weight is 493 g/mol. The van der Waals surface area contributed by atoms with Gasteiger partial charge in [0.05, 0.1) is 5.56 Å². The lowest BCUT2D eigenvalue weighted by Gasteiger charge is -2.17. The fraction of sp³-hybridized carbons (Fsp3) is 0.250. The smallest absolute Gasteiger partial charge is 0.404 e. The number of hydrogen-bond acceptors (Lipinski definition) is 4. The molecule has 0 saturated carbocycles. The Balaban J connectivity index is 2.22. The van der Waals surface area contributed by atoms with Gasteiger partial charge in [0.25, 0.3) is 5.56 Å². The average Bonchev–Trinajstić information content (AvgIpc) is 3.07. The molecule has 0 unspecified atom stereocenters. The van der Waals surface area contributed by atoms with Crippen LogP contribution in [0, 0.1) is 6.92 Å². The fourth-order valence-electron chi connectivity index (χ4n) is 3.10. The molecular weight excluding hydrogens is 478 g/mol. The third-order valence-electron chi connectivity index (χ3n) is 4.65. The van der Waals surface area contributed by atoms with Crippen LogP contribution in [0.15, 0.2) is 52.5 Å². The van der Waals surface area contributed by atoms with Crippen LogP contribution in [0.4, 0.5) is 35.1 Å². The van der Waals surface area contributed by atoms with Gasteiger partial charge in [0.15, 0.2) is 5.69 Å². The number of hydrogen-bond donors (Lipinski definition) is 1. The number of halogens is 8. The molecule has 3 aromatic rings. The minimum atomic E-state index is -5.92. The molecule has 0 amide bonds. The normalized spacial score (nSPS) is 13.9. The molecule has 34 heavy (non-hydrogen) atoms. The van der Waals surface area contributed by atoms with Crippen LogP contribution in [0.2, 0.25) is 0 Å². The highest BCUT2D eigenvalue weighted by atomic mass is 19.4. The number of alkyl halides is 8. The van der Waals surface area contributed by atoms with Crippen LogP contribution in [0.25, 0.3) is 17.0 Å². The zero-order valence-electron chi connectivity index (χ0n) is 17.1. The topological polar surface area (TPSA) is 77.7 Å². The molecule has 0 aliphatic rings. The summed E-state index contributed by atoms with van der Waals surface area (Å²) in [6.07, 6.45) is -9.24. The summed E-state index contributed by atoms with van der Waals surface area (Å²) in [7, 11) is 0. The van der Waals surface area contributed by atoms with Gasteiger partial charge in [-0.1, -0.05) is 18.2 Å². The molecule has 0 radical (unpaired) electrons. The van der Waals surface area contributed by atoms with E-state index in [0.29, 0.717) is 17.6 Å². The first-order chi connectivity index (χ1) is 15.7. The maximum absolute atomic E-state index is 13.9. The Morgan fingerprint density at radius 2 is 1.71 bits per heavy atom. The SMILES string of the molecule is Cc1cn2c(=O)c(/C(C=NCC(F)(F)C(F)(F)F)=C/N)c(C(F)(F)F)nc2n1-c1ccccc1. The number of aryl methyl sites for hydroxylation is 1. The molecule has 1 aromatic carbocycles. The third-order valence-corrected chi connectivity index (χ3v) is 4.65. The first-order valence-corrected chi connectivity index (χ1v) is 9.33. The van der Waals surface area contributed by atoms with Gasteiger partial charge < -0.3 is 5.73 Å². The van der Waals surface area contributed by atoms with Crippen molar-refractivity contribution >= 4 is 17.6 Å². The van der Waals surface area contributed by atoms with Crippen molar-refractivity contribution in [2.75, 3.05) is 6.54 Å². The maximum atomic E-state index is 13.9. The van der Waals surface area contributed by atoms with Crippen LogP contribution in [0.1, 0.15) is 17.0 Å². The van der Waals surface area contributed by atoms with E-state index in [9.17, 15) is 39.9 Å². The second kappa shape index (κ2) is 8.57. The van der Waals surface area contributed by atoms with Gasteiger partial charge in [-0.25, -0.2) is 4.98 Å². The predicted octanol–water partition coefficient (Wildman–Crippen LogP) is 4.38. The Morgan fingerprint density at radius 1 is 1.09 bits per heavy atom. The predicted molar refractivity (Wildman–Crippen MR) is 107 cm³/mol. The van der Waals surface area contributed by atoms with Gasteiger partial charge in [0, 0.05) is 35.6 Å². The van der Waals surface area contributed by atoms with Crippen LogP contribution in [-0.4, -0.2) is 38.8 Å². The van der Waals surface area contributed by atoms with Crippen molar-refractivity contribution in [2.24, 2.45) is 10.7 Å². The second-order valence-corrected chi connectivity index (χ2v) is 7.04. The van der Waals surface area contributed by atoms with Crippen LogP contribution < -0.4 is 11.3 Å². The number of rotatable bonds is 5. The number of nitrogens with two attached hydrogens (primary N) is 1. The fourth-order valence-corrected chi connectivity index (χ4v) is 3.10. The minimum absolute atomic E-state index is 0.251. The van der Waals surface area contributed by atoms with Gasteiger partial charge in [0.2, 0.25) is 5.78 Å². The summed E-state index contributed by atoms with van der Waals surface area (Å²) in [6, 6.07) is 8.04. The van der Waals surface area contributed by atoms with E-state index in [1.165, 1.54) is 17.7 Å². The third kappa shape index (κ3) is 4.52. The summed E-state index contributed by atoms with van der Waals surface area (Å²) in [4.78, 5) is 19.5. The molecule has 2 aromatic heterocycles. The van der Waals surface area contributed by atoms with E-state index in [1.807, 2.05) is 0 Å². The van der Waals surface area contributed by atoms with E-state index in [-0.39, 0.29) is 6.21 Å². The van der Waals surface area contributed by atoms with Crippen LogP contribution in [-0.2, 0) is 6.18 Å². The Kier molecular flexibility index (Phi) is 6.28. The second-order valence-electron chi connectivity index (χ2n) is 7.04. The van der Waals surface area contributed by atoms with Crippen molar-refractivity contribution < 1.29 is 35.1 Å². The molecule has 0 aliphatic heterocycles. The molecule has 2 heterocycles. The van der Waals surface area contributed by atoms with Crippen molar-refractivity contribution in [3.05, 3.63) is 70.0 Å². The number of aromatic nitrogens is 3. The van der Waals surface area contributed by atoms with E-state index in [0.717, 1.165) is 4.40 Å². The quantitative estimate of drug-likeness (QED) is 0.424. The van der Waals surface area contributed by atoms with Gasteiger partial charge in [0.1, 0.15) is 6.54 Å². The number of allylic oxidation sites excluding steroid dienone is 1. The van der Waals surface area contributed by atoms with Gasteiger partial charge >= 0.3 is 18.3 Å². The molecule has 0 saturated heterocycles. The molecule has 0 bridgehead atoms. The first-order valence-electron chi connectivity index (χ1n) is 9.33. The van der Waals surface area contributed by atoms with Gasteiger partial charge in [-0.15, -0.1) is 0 Å². The number of benzene rings is 1. The molecule has 0 fully saturated rings. The number of fused-ring (bicyclic) bond motifs is 1. The number of nitrogens with zero attached hydrogens (tertiary/aromatic N) is 4. The van der Waals surface area contributed by atoms with Gasteiger partial charge in [-0.2, -0.15) is 35.1 Å². The Hall–Kier alpha value is -3.71. The van der Waals surface area contributed by atoms with Crippen molar-refractivity contribution in [1.82, 2.24) is 14.0 Å². The molecule has 0 aliphatic carbocycles. The molecule has 14 heteroatoms. The van der Waals surface area contributed by atoms with Crippen molar-refractivity contribution in [3.8, 4) is 5.69 Å². The van der Waals surface area contributed by atoms with Gasteiger partial charge in [-0.3, -0.25) is 18.8 Å². The Morgan fingerprint density at radius 3 is 2.24 bits per heavy atom. The highest BCUT2D eigenvalue weighted by molar-refractivity contribution is 6.10. The summed E-state index contributed by atoms with van der Waals surface area (Å²) < 4.78 is 107. The molecule has 0 atom stereocenters. The van der Waals surface area contributed by atoms with Crippen LogP contribution in [0.5, 0.6) is 0 Å². The first kappa shape index (κ1) is 24.9. The number of aliphatic imine (C=N–C) groups is 1. The summed E-state index contributed by atoms with van der Waals surface area (Å²) in [5, 5.41) is 0. The summed E-state index contributed by atoms with van der Waals surface area (Å²) in [5.41, 5.74) is 1.04. The Labute approximate surface area is 185 Å². The lowest BCUT2D eigenvalue weighted by atomic mass is 10.1. The zero-order valence-corrected chi connectivity index (χ0v) is 17.1. The molecule has 182 valence electrons. The molecule has 6 nitrogen and oxygen atoms in total. The van der Waals surface area contributed by atoms with E-state index >= 15 is 0 Å². The molecule has 2 N–H and O–H groups in total. The largest absolute Gasteiger partial charge is 0.455 e. The standard InChI is InChI=1S/C20H15F8N5O/c1-11-9-32-16(34)14(12(7-29)8-30-10-18(21,22)20(26,27)28)15(19(23,24)25)31-17(32)33(11)13-5-3-2-4-6-13/h2-9H,10,29H2,1H3/b12-7+,30-8?.